The molecule has 0 aliphatic carbocycles. The minimum Gasteiger partial charge on any atom is -0.447 e. The average molecular weight is 275 g/mol. The number of hydrogen-bond acceptors (Lipinski definition) is 4. The van der Waals surface area contributed by atoms with Crippen LogP contribution in [0.25, 0.3) is 0 Å². The van der Waals surface area contributed by atoms with Gasteiger partial charge in [0.2, 0.25) is 0 Å². The number of carbonyl (C=O) groups excluding carboxylic acids is 1. The van der Waals surface area contributed by atoms with Crippen molar-refractivity contribution in [3.05, 3.63) is 29.8 Å². The second-order valence-corrected chi connectivity index (χ2v) is 3.72. The molecule has 0 spiro atoms. The van der Waals surface area contributed by atoms with E-state index in [1.54, 1.807) is 12.1 Å². The van der Waals surface area contributed by atoms with Crippen molar-refractivity contribution >= 4 is 6.09 Å². The molecule has 0 saturated carbocycles. The number of alkyl halides is 2. The first-order valence-corrected chi connectivity index (χ1v) is 5.55. The third-order valence-electron chi connectivity index (χ3n) is 2.20. The molecule has 1 aromatic carbocycles. The largest absolute Gasteiger partial charge is 0.447 e. The van der Waals surface area contributed by atoms with Gasteiger partial charge in [-0.3, -0.25) is 0 Å². The van der Waals surface area contributed by atoms with Gasteiger partial charge >= 0.3 is 12.7 Å². The summed E-state index contributed by atoms with van der Waals surface area (Å²) in [6.07, 6.45) is -0.568. The van der Waals surface area contributed by atoms with E-state index in [4.69, 9.17) is 9.84 Å². The second kappa shape index (κ2) is 7.52. The zero-order chi connectivity index (χ0) is 14.3. The Morgan fingerprint density at radius 2 is 2.00 bits per heavy atom. The van der Waals surface area contributed by atoms with Crippen LogP contribution < -0.4 is 4.74 Å². The summed E-state index contributed by atoms with van der Waals surface area (Å²) in [6.45, 7) is -2.90. The molecule has 0 aliphatic rings. The smallest absolute Gasteiger partial charge is 0.409 e. The van der Waals surface area contributed by atoms with Crippen LogP contribution in [0.1, 0.15) is 5.56 Å². The van der Waals surface area contributed by atoms with E-state index in [-0.39, 0.29) is 25.5 Å². The molecular formula is C12H15F2NO4. The van der Waals surface area contributed by atoms with E-state index in [1.807, 2.05) is 0 Å². The van der Waals surface area contributed by atoms with Crippen LogP contribution in [-0.2, 0) is 11.3 Å². The van der Waals surface area contributed by atoms with Crippen LogP contribution in [0.5, 0.6) is 5.75 Å². The molecule has 1 rings (SSSR count). The fourth-order valence-corrected chi connectivity index (χ4v) is 1.36. The van der Waals surface area contributed by atoms with Gasteiger partial charge in [0, 0.05) is 13.6 Å². The maximum atomic E-state index is 11.9. The van der Waals surface area contributed by atoms with Crippen molar-refractivity contribution in [1.82, 2.24) is 4.90 Å². The van der Waals surface area contributed by atoms with Crippen LogP contribution >= 0.6 is 0 Å². The van der Waals surface area contributed by atoms with E-state index >= 15 is 0 Å². The lowest BCUT2D eigenvalue weighted by Crippen LogP contribution is -2.27. The predicted octanol–water partition coefficient (Wildman–Crippen LogP) is 1.85. The molecule has 0 bridgehead atoms. The number of carbonyl (C=O) groups is 1. The maximum absolute atomic E-state index is 11.9. The van der Waals surface area contributed by atoms with Crippen LogP contribution in [0.15, 0.2) is 24.3 Å². The summed E-state index contributed by atoms with van der Waals surface area (Å²) >= 11 is 0. The van der Waals surface area contributed by atoms with Gasteiger partial charge < -0.3 is 19.5 Å². The van der Waals surface area contributed by atoms with Crippen molar-refractivity contribution < 1.29 is 28.2 Å². The monoisotopic (exact) mass is 275 g/mol. The van der Waals surface area contributed by atoms with E-state index in [9.17, 15) is 13.6 Å². The van der Waals surface area contributed by atoms with Gasteiger partial charge in [0.1, 0.15) is 12.4 Å². The zero-order valence-electron chi connectivity index (χ0n) is 10.4. The highest BCUT2D eigenvalue weighted by molar-refractivity contribution is 5.67. The molecule has 0 atom stereocenters. The zero-order valence-corrected chi connectivity index (χ0v) is 10.4. The van der Waals surface area contributed by atoms with Gasteiger partial charge in [-0.05, 0) is 17.7 Å². The average Bonchev–Trinajstić information content (AvgIpc) is 2.37. The quantitative estimate of drug-likeness (QED) is 0.860. The molecule has 1 N–H and O–H groups in total. The Labute approximate surface area is 109 Å². The molecule has 106 valence electrons. The Hall–Kier alpha value is -1.89. The minimum absolute atomic E-state index is 0.0595. The van der Waals surface area contributed by atoms with Crippen LogP contribution in [0.4, 0.5) is 13.6 Å². The van der Waals surface area contributed by atoms with E-state index < -0.39 is 12.7 Å². The number of aliphatic hydroxyl groups excluding tert-OH is 1. The fraction of sp³-hybridized carbons (Fsp3) is 0.417. The molecule has 1 aromatic rings. The molecule has 0 heterocycles. The molecule has 0 saturated heterocycles. The molecule has 7 heteroatoms. The summed E-state index contributed by atoms with van der Waals surface area (Å²) in [7, 11) is 1.53. The molecule has 0 fully saturated rings. The molecular weight excluding hydrogens is 260 g/mol. The van der Waals surface area contributed by atoms with Gasteiger partial charge in [-0.15, -0.1) is 0 Å². The van der Waals surface area contributed by atoms with E-state index in [2.05, 4.69) is 4.74 Å². The third-order valence-corrected chi connectivity index (χ3v) is 2.20. The minimum atomic E-state index is -2.86. The summed E-state index contributed by atoms with van der Waals surface area (Å²) < 4.78 is 32.8. The SMILES string of the molecule is CN(Cc1ccc(OC(F)F)cc1)C(=O)OCCO. The van der Waals surface area contributed by atoms with Gasteiger partial charge in [-0.1, -0.05) is 12.1 Å². The first-order chi connectivity index (χ1) is 9.02. The number of benzene rings is 1. The normalized spacial score (nSPS) is 10.4. The summed E-state index contributed by atoms with van der Waals surface area (Å²) in [5, 5.41) is 8.52. The standard InChI is InChI=1S/C12H15F2NO4/c1-15(12(17)18-7-6-16)8-9-2-4-10(5-3-9)19-11(13)14/h2-5,11,16H,6-8H2,1H3. The molecule has 5 nitrogen and oxygen atoms in total. The van der Waals surface area contributed by atoms with Crippen molar-refractivity contribution in [2.45, 2.75) is 13.2 Å². The number of hydrogen-bond donors (Lipinski definition) is 1. The molecule has 19 heavy (non-hydrogen) atoms. The Morgan fingerprint density at radius 1 is 1.37 bits per heavy atom. The maximum Gasteiger partial charge on any atom is 0.409 e. The first-order valence-electron chi connectivity index (χ1n) is 5.55. The Balaban J connectivity index is 2.50. The van der Waals surface area contributed by atoms with Crippen molar-refractivity contribution in [2.75, 3.05) is 20.3 Å². The number of ether oxygens (including phenoxy) is 2. The van der Waals surface area contributed by atoms with Crippen molar-refractivity contribution in [1.29, 1.82) is 0 Å². The second-order valence-electron chi connectivity index (χ2n) is 3.72. The molecule has 0 aromatic heterocycles. The Morgan fingerprint density at radius 3 is 2.53 bits per heavy atom. The highest BCUT2D eigenvalue weighted by Gasteiger charge is 2.10. The van der Waals surface area contributed by atoms with Crippen molar-refractivity contribution in [3.8, 4) is 5.75 Å². The van der Waals surface area contributed by atoms with Crippen LogP contribution in [0, 0.1) is 0 Å². The summed E-state index contributed by atoms with van der Waals surface area (Å²) in [5.41, 5.74) is 0.741. The highest BCUT2D eigenvalue weighted by Crippen LogP contribution is 2.15. The van der Waals surface area contributed by atoms with E-state index in [1.165, 1.54) is 24.1 Å². The van der Waals surface area contributed by atoms with E-state index in [0.717, 1.165) is 5.56 Å². The van der Waals surface area contributed by atoms with Crippen molar-refractivity contribution in [2.24, 2.45) is 0 Å². The number of amides is 1. The third kappa shape index (κ3) is 5.52. The van der Waals surface area contributed by atoms with Crippen LogP contribution in [0.2, 0.25) is 0 Å². The molecule has 0 radical (unpaired) electrons. The van der Waals surface area contributed by atoms with Gasteiger partial charge in [0.25, 0.3) is 0 Å². The Kier molecular flexibility index (Phi) is 6.01. The lowest BCUT2D eigenvalue weighted by atomic mass is 10.2. The van der Waals surface area contributed by atoms with Gasteiger partial charge in [-0.25, -0.2) is 4.79 Å². The summed E-state index contributed by atoms with van der Waals surface area (Å²) in [4.78, 5) is 12.7. The summed E-state index contributed by atoms with van der Waals surface area (Å²) in [5.74, 6) is 0.0595. The molecule has 0 unspecified atom stereocenters. The lowest BCUT2D eigenvalue weighted by Gasteiger charge is -2.16. The topological polar surface area (TPSA) is 59.0 Å². The Bertz CT molecular complexity index is 397. The van der Waals surface area contributed by atoms with Crippen LogP contribution in [0.3, 0.4) is 0 Å². The number of halogens is 2. The lowest BCUT2D eigenvalue weighted by molar-refractivity contribution is -0.0498. The first kappa shape index (κ1) is 15.2. The molecule has 0 aliphatic heterocycles. The number of aliphatic hydroxyl groups is 1. The number of nitrogens with zero attached hydrogens (tertiary/aromatic N) is 1. The highest BCUT2D eigenvalue weighted by atomic mass is 19.3. The number of rotatable bonds is 6. The van der Waals surface area contributed by atoms with Crippen molar-refractivity contribution in [3.63, 3.8) is 0 Å². The van der Waals surface area contributed by atoms with E-state index in [0.29, 0.717) is 0 Å². The van der Waals surface area contributed by atoms with Crippen LogP contribution in [-0.4, -0.2) is 43.0 Å². The molecule has 1 amide bonds. The van der Waals surface area contributed by atoms with Gasteiger partial charge in [-0.2, -0.15) is 8.78 Å². The summed E-state index contributed by atoms with van der Waals surface area (Å²) in [6, 6.07) is 5.95. The predicted molar refractivity (Wildman–Crippen MR) is 63.0 cm³/mol. The van der Waals surface area contributed by atoms with Gasteiger partial charge in [0.15, 0.2) is 0 Å². The fourth-order valence-electron chi connectivity index (χ4n) is 1.36. The van der Waals surface area contributed by atoms with Gasteiger partial charge in [0.05, 0.1) is 6.61 Å².